The van der Waals surface area contributed by atoms with Crippen LogP contribution in [0.2, 0.25) is 0 Å². The van der Waals surface area contributed by atoms with Gasteiger partial charge in [0, 0.05) is 24.4 Å². The number of anilines is 1. The second-order valence-electron chi connectivity index (χ2n) is 5.02. The predicted octanol–water partition coefficient (Wildman–Crippen LogP) is 3.29. The van der Waals surface area contributed by atoms with E-state index in [2.05, 4.69) is 10.6 Å². The number of amides is 2. The fraction of sp³-hybridized carbons (Fsp3) is 0.533. The van der Waals surface area contributed by atoms with E-state index < -0.39 is 0 Å². The van der Waals surface area contributed by atoms with E-state index in [0.29, 0.717) is 12.6 Å². The van der Waals surface area contributed by atoms with Crippen LogP contribution in [0.15, 0.2) is 24.3 Å². The zero-order chi connectivity index (χ0) is 13.5. The molecule has 19 heavy (non-hydrogen) atoms. The van der Waals surface area contributed by atoms with Crippen molar-refractivity contribution in [2.24, 2.45) is 0 Å². The van der Waals surface area contributed by atoms with E-state index in [-0.39, 0.29) is 6.03 Å². The summed E-state index contributed by atoms with van der Waals surface area (Å²) >= 11 is 0. The minimum absolute atomic E-state index is 0.115. The Kier molecular flexibility index (Phi) is 5.21. The Labute approximate surface area is 114 Å². The number of carbonyl (C=O) groups excluding carboxylic acids is 1. The lowest BCUT2D eigenvalue weighted by atomic mass is 9.96. The van der Waals surface area contributed by atoms with Crippen LogP contribution in [0.4, 0.5) is 10.5 Å². The van der Waals surface area contributed by atoms with E-state index in [1.54, 1.807) is 7.11 Å². The molecule has 1 aliphatic carbocycles. The molecule has 0 aliphatic heterocycles. The zero-order valence-electron chi connectivity index (χ0n) is 11.4. The highest BCUT2D eigenvalue weighted by molar-refractivity contribution is 5.90. The Hall–Kier alpha value is -1.55. The number of nitrogens with one attached hydrogen (secondary N) is 2. The van der Waals surface area contributed by atoms with Gasteiger partial charge < -0.3 is 15.4 Å². The van der Waals surface area contributed by atoms with E-state index in [4.69, 9.17) is 4.74 Å². The van der Waals surface area contributed by atoms with Crippen molar-refractivity contribution >= 4 is 11.7 Å². The van der Waals surface area contributed by atoms with E-state index in [9.17, 15) is 4.79 Å². The maximum Gasteiger partial charge on any atom is 0.319 e. The molecule has 0 spiro atoms. The molecule has 0 radical (unpaired) electrons. The van der Waals surface area contributed by atoms with Gasteiger partial charge >= 0.3 is 6.03 Å². The fourth-order valence-corrected chi connectivity index (χ4v) is 2.51. The zero-order valence-corrected chi connectivity index (χ0v) is 11.4. The second-order valence-corrected chi connectivity index (χ2v) is 5.02. The van der Waals surface area contributed by atoms with Gasteiger partial charge in [0.2, 0.25) is 0 Å². The maximum atomic E-state index is 12.0. The highest BCUT2D eigenvalue weighted by atomic mass is 16.5. The smallest absolute Gasteiger partial charge is 0.319 e. The third-order valence-electron chi connectivity index (χ3n) is 3.51. The van der Waals surface area contributed by atoms with Crippen molar-refractivity contribution in [2.75, 3.05) is 12.4 Å². The molecule has 4 nitrogen and oxygen atoms in total. The average molecular weight is 262 g/mol. The first-order chi connectivity index (χ1) is 9.29. The van der Waals surface area contributed by atoms with Crippen molar-refractivity contribution < 1.29 is 9.53 Å². The number of methoxy groups -OCH3 is 1. The van der Waals surface area contributed by atoms with Gasteiger partial charge in [-0.05, 0) is 18.9 Å². The fourth-order valence-electron chi connectivity index (χ4n) is 2.51. The summed E-state index contributed by atoms with van der Waals surface area (Å²) in [7, 11) is 1.65. The lowest BCUT2D eigenvalue weighted by molar-refractivity contribution is 0.185. The van der Waals surface area contributed by atoms with Gasteiger partial charge in [-0.3, -0.25) is 0 Å². The Morgan fingerprint density at radius 3 is 2.74 bits per heavy atom. The number of carbonyl (C=O) groups is 1. The summed E-state index contributed by atoms with van der Waals surface area (Å²) in [6.45, 7) is 0.500. The highest BCUT2D eigenvalue weighted by Gasteiger charge is 2.16. The average Bonchev–Trinajstić information content (AvgIpc) is 2.42. The molecule has 1 aliphatic rings. The van der Waals surface area contributed by atoms with Gasteiger partial charge in [-0.2, -0.15) is 0 Å². The number of para-hydroxylation sites is 1. The summed E-state index contributed by atoms with van der Waals surface area (Å²) < 4.78 is 5.13. The van der Waals surface area contributed by atoms with E-state index >= 15 is 0 Å². The van der Waals surface area contributed by atoms with Gasteiger partial charge in [0.25, 0.3) is 0 Å². The van der Waals surface area contributed by atoms with E-state index in [0.717, 1.165) is 24.1 Å². The van der Waals surface area contributed by atoms with Crippen LogP contribution in [0.25, 0.3) is 0 Å². The molecule has 1 aromatic rings. The third kappa shape index (κ3) is 4.24. The van der Waals surface area contributed by atoms with Gasteiger partial charge in [-0.25, -0.2) is 4.79 Å². The van der Waals surface area contributed by atoms with Gasteiger partial charge in [-0.15, -0.1) is 0 Å². The largest absolute Gasteiger partial charge is 0.380 e. The quantitative estimate of drug-likeness (QED) is 0.874. The molecule has 0 saturated heterocycles. The lowest BCUT2D eigenvalue weighted by Gasteiger charge is -2.23. The lowest BCUT2D eigenvalue weighted by Crippen LogP contribution is -2.39. The number of ether oxygens (including phenoxy) is 1. The summed E-state index contributed by atoms with van der Waals surface area (Å²) in [5, 5.41) is 5.96. The molecule has 1 fully saturated rings. The molecule has 0 aromatic heterocycles. The summed E-state index contributed by atoms with van der Waals surface area (Å²) in [6, 6.07) is 7.92. The Bertz CT molecular complexity index is 414. The Morgan fingerprint density at radius 1 is 1.26 bits per heavy atom. The molecular formula is C15H22N2O2. The first-order valence-electron chi connectivity index (χ1n) is 6.94. The van der Waals surface area contributed by atoms with Crippen molar-refractivity contribution in [3.63, 3.8) is 0 Å². The molecule has 4 heteroatoms. The van der Waals surface area contributed by atoms with Gasteiger partial charge in [0.15, 0.2) is 0 Å². The summed E-state index contributed by atoms with van der Waals surface area (Å²) in [5.74, 6) is 0. The first-order valence-corrected chi connectivity index (χ1v) is 6.94. The normalized spacial score (nSPS) is 16.1. The minimum Gasteiger partial charge on any atom is -0.380 e. The second kappa shape index (κ2) is 7.14. The van der Waals surface area contributed by atoms with Crippen LogP contribution in [0.3, 0.4) is 0 Å². The Morgan fingerprint density at radius 2 is 2.00 bits per heavy atom. The van der Waals surface area contributed by atoms with Gasteiger partial charge in [0.1, 0.15) is 0 Å². The number of hydrogen-bond donors (Lipinski definition) is 2. The van der Waals surface area contributed by atoms with Crippen LogP contribution in [0, 0.1) is 0 Å². The van der Waals surface area contributed by atoms with Crippen LogP contribution >= 0.6 is 0 Å². The molecule has 104 valence electrons. The minimum atomic E-state index is -0.115. The van der Waals surface area contributed by atoms with Crippen molar-refractivity contribution in [2.45, 2.75) is 44.8 Å². The molecular weight excluding hydrogens is 240 g/mol. The van der Waals surface area contributed by atoms with Crippen molar-refractivity contribution in [3.05, 3.63) is 29.8 Å². The monoisotopic (exact) mass is 262 g/mol. The van der Waals surface area contributed by atoms with Gasteiger partial charge in [0.05, 0.1) is 6.61 Å². The predicted molar refractivity (Wildman–Crippen MR) is 76.2 cm³/mol. The highest BCUT2D eigenvalue weighted by Crippen LogP contribution is 2.18. The topological polar surface area (TPSA) is 50.4 Å². The molecule has 0 atom stereocenters. The molecule has 1 saturated carbocycles. The van der Waals surface area contributed by atoms with Crippen LogP contribution in [-0.4, -0.2) is 19.2 Å². The van der Waals surface area contributed by atoms with Crippen LogP contribution in [-0.2, 0) is 11.3 Å². The van der Waals surface area contributed by atoms with Crippen molar-refractivity contribution in [1.82, 2.24) is 5.32 Å². The maximum absolute atomic E-state index is 12.0. The number of hydrogen-bond acceptors (Lipinski definition) is 2. The standard InChI is InChI=1S/C15H22N2O2/c1-19-11-12-7-5-6-10-14(12)17-15(18)16-13-8-3-2-4-9-13/h5-7,10,13H,2-4,8-9,11H2,1H3,(H2,16,17,18). The van der Waals surface area contributed by atoms with Gasteiger partial charge in [-0.1, -0.05) is 37.5 Å². The number of rotatable bonds is 4. The third-order valence-corrected chi connectivity index (χ3v) is 3.51. The Balaban J connectivity index is 1.90. The summed E-state index contributed by atoms with van der Waals surface area (Å²) in [6.07, 6.45) is 5.90. The summed E-state index contributed by atoms with van der Waals surface area (Å²) in [4.78, 5) is 12.0. The summed E-state index contributed by atoms with van der Waals surface area (Å²) in [5.41, 5.74) is 1.81. The molecule has 2 amide bonds. The molecule has 0 heterocycles. The molecule has 0 bridgehead atoms. The van der Waals surface area contributed by atoms with E-state index in [1.165, 1.54) is 19.3 Å². The molecule has 1 aromatic carbocycles. The van der Waals surface area contributed by atoms with Crippen molar-refractivity contribution in [3.8, 4) is 0 Å². The number of urea groups is 1. The number of benzene rings is 1. The molecule has 2 N–H and O–H groups in total. The first kappa shape index (κ1) is 13.9. The van der Waals surface area contributed by atoms with Crippen LogP contribution in [0.5, 0.6) is 0 Å². The molecule has 0 unspecified atom stereocenters. The van der Waals surface area contributed by atoms with Crippen molar-refractivity contribution in [1.29, 1.82) is 0 Å². The van der Waals surface area contributed by atoms with E-state index in [1.807, 2.05) is 24.3 Å². The van der Waals surface area contributed by atoms with Crippen LogP contribution < -0.4 is 10.6 Å². The SMILES string of the molecule is COCc1ccccc1NC(=O)NC1CCCCC1. The van der Waals surface area contributed by atoms with Crippen LogP contribution in [0.1, 0.15) is 37.7 Å². The molecule has 2 rings (SSSR count).